The van der Waals surface area contributed by atoms with Crippen LogP contribution in [0.2, 0.25) is 0 Å². The molecule has 0 saturated heterocycles. The van der Waals surface area contributed by atoms with Gasteiger partial charge in [0.1, 0.15) is 12.4 Å². The van der Waals surface area contributed by atoms with E-state index in [0.717, 1.165) is 45.5 Å². The zero-order valence-corrected chi connectivity index (χ0v) is 21.1. The van der Waals surface area contributed by atoms with E-state index in [0.29, 0.717) is 54.1 Å². The van der Waals surface area contributed by atoms with Crippen molar-refractivity contribution < 1.29 is 23.8 Å². The second kappa shape index (κ2) is 8.71. The summed E-state index contributed by atoms with van der Waals surface area (Å²) in [5, 5.41) is 13.2. The number of aromatic nitrogens is 1. The SMILES string of the molecule is C=C1C(COC(=O)O)=C(C)C=C2c3nc4cc(F)c(C)c5c4c(c3CN12)C(NC(=O)CCC1CC1)CC5. The fourth-order valence-electron chi connectivity index (χ4n) is 6.07. The van der Waals surface area contributed by atoms with Crippen molar-refractivity contribution in [2.45, 2.75) is 65.0 Å². The van der Waals surface area contributed by atoms with Gasteiger partial charge in [-0.15, -0.1) is 0 Å². The van der Waals surface area contributed by atoms with Gasteiger partial charge < -0.3 is 20.1 Å². The highest BCUT2D eigenvalue weighted by Crippen LogP contribution is 2.48. The topological polar surface area (TPSA) is 91.8 Å². The number of halogens is 1. The monoisotopic (exact) mass is 503 g/mol. The highest BCUT2D eigenvalue weighted by atomic mass is 19.1. The van der Waals surface area contributed by atoms with Gasteiger partial charge in [0.25, 0.3) is 0 Å². The molecular weight excluding hydrogens is 473 g/mol. The van der Waals surface area contributed by atoms with Crippen molar-refractivity contribution in [1.29, 1.82) is 0 Å². The van der Waals surface area contributed by atoms with Crippen LogP contribution in [0, 0.1) is 18.7 Å². The molecule has 192 valence electrons. The van der Waals surface area contributed by atoms with Crippen molar-refractivity contribution >= 4 is 28.7 Å². The summed E-state index contributed by atoms with van der Waals surface area (Å²) in [7, 11) is 0. The highest BCUT2D eigenvalue weighted by Gasteiger charge is 2.38. The van der Waals surface area contributed by atoms with E-state index in [9.17, 15) is 14.0 Å². The van der Waals surface area contributed by atoms with Crippen molar-refractivity contribution in [2.24, 2.45) is 5.92 Å². The second-order valence-corrected chi connectivity index (χ2v) is 10.6. The van der Waals surface area contributed by atoms with Crippen LogP contribution in [0.4, 0.5) is 9.18 Å². The van der Waals surface area contributed by atoms with Gasteiger partial charge in [-0.05, 0) is 67.4 Å². The molecule has 1 fully saturated rings. The Hall–Kier alpha value is -3.68. The smallest absolute Gasteiger partial charge is 0.450 e. The Kier molecular flexibility index (Phi) is 5.58. The molecule has 4 aliphatic rings. The normalized spacial score (nSPS) is 20.1. The predicted octanol–water partition coefficient (Wildman–Crippen LogP) is 5.67. The van der Waals surface area contributed by atoms with Crippen LogP contribution in [0.3, 0.4) is 0 Å². The number of allylic oxidation sites excluding steroid dienone is 2. The molecule has 2 aromatic rings. The van der Waals surface area contributed by atoms with Gasteiger partial charge >= 0.3 is 6.16 Å². The molecule has 2 aliphatic heterocycles. The van der Waals surface area contributed by atoms with Crippen molar-refractivity contribution in [3.63, 3.8) is 0 Å². The lowest BCUT2D eigenvalue weighted by molar-refractivity contribution is -0.122. The van der Waals surface area contributed by atoms with Crippen LogP contribution in [0.15, 0.2) is 35.6 Å². The Bertz CT molecular complexity index is 1450. The number of carbonyl (C=O) groups excluding carboxylic acids is 1. The minimum atomic E-state index is -1.34. The van der Waals surface area contributed by atoms with Crippen LogP contribution in [0.5, 0.6) is 0 Å². The largest absolute Gasteiger partial charge is 0.506 e. The standard InChI is InChI=1S/C29H30FN3O4/c1-14-10-24-28-19(12-33(24)16(3)20(14)13-37-29(35)36)27-22(31-25(34)9-6-17-4-5-17)8-7-18-15(2)21(30)11-23(32-28)26(18)27/h10-11,17,22H,3-9,12-13H2,1-2H3,(H,31,34)(H,35,36). The maximum absolute atomic E-state index is 14.9. The fourth-order valence-corrected chi connectivity index (χ4v) is 6.07. The molecule has 7 nitrogen and oxygen atoms in total. The zero-order chi connectivity index (χ0) is 26.0. The first-order valence-corrected chi connectivity index (χ1v) is 12.9. The van der Waals surface area contributed by atoms with Gasteiger partial charge in [0.15, 0.2) is 0 Å². The number of aryl methyl sites for hydroxylation is 1. The molecule has 0 radical (unpaired) electrons. The number of fused-ring (bicyclic) bond motifs is 4. The van der Waals surface area contributed by atoms with E-state index in [2.05, 4.69) is 11.9 Å². The first-order chi connectivity index (χ1) is 17.7. The third-order valence-corrected chi connectivity index (χ3v) is 8.28. The highest BCUT2D eigenvalue weighted by molar-refractivity contribution is 5.93. The molecular formula is C29H30FN3O4. The Balaban J connectivity index is 1.45. The molecule has 2 N–H and O–H groups in total. The van der Waals surface area contributed by atoms with Gasteiger partial charge in [-0.1, -0.05) is 19.4 Å². The van der Waals surface area contributed by atoms with Crippen molar-refractivity contribution in [3.05, 3.63) is 69.3 Å². The predicted molar refractivity (Wildman–Crippen MR) is 137 cm³/mol. The molecule has 1 aromatic carbocycles. The zero-order valence-electron chi connectivity index (χ0n) is 21.1. The quantitative estimate of drug-likeness (QED) is 0.494. The lowest BCUT2D eigenvalue weighted by atomic mass is 9.81. The second-order valence-electron chi connectivity index (χ2n) is 10.6. The van der Waals surface area contributed by atoms with Crippen LogP contribution in [-0.4, -0.2) is 33.7 Å². The van der Waals surface area contributed by atoms with E-state index in [1.165, 1.54) is 18.9 Å². The number of nitrogens with zero attached hydrogens (tertiary/aromatic N) is 2. The number of ether oxygens (including phenoxy) is 1. The van der Waals surface area contributed by atoms with Crippen LogP contribution in [0.25, 0.3) is 16.6 Å². The summed E-state index contributed by atoms with van der Waals surface area (Å²) < 4.78 is 19.8. The Morgan fingerprint density at radius 1 is 1.27 bits per heavy atom. The van der Waals surface area contributed by atoms with E-state index in [1.54, 1.807) is 0 Å². The number of benzene rings is 1. The van der Waals surface area contributed by atoms with E-state index in [1.807, 2.05) is 24.8 Å². The van der Waals surface area contributed by atoms with Gasteiger partial charge in [0.2, 0.25) is 5.91 Å². The van der Waals surface area contributed by atoms with E-state index >= 15 is 0 Å². The molecule has 0 spiro atoms. The summed E-state index contributed by atoms with van der Waals surface area (Å²) in [6.07, 6.45) is 5.89. The maximum atomic E-state index is 14.9. The molecule has 1 unspecified atom stereocenters. The number of hydrogen-bond donors (Lipinski definition) is 2. The molecule has 2 aliphatic carbocycles. The molecule has 1 atom stereocenters. The first-order valence-electron chi connectivity index (χ1n) is 12.9. The third-order valence-electron chi connectivity index (χ3n) is 8.28. The van der Waals surface area contributed by atoms with Gasteiger partial charge in [-0.3, -0.25) is 4.79 Å². The summed E-state index contributed by atoms with van der Waals surface area (Å²) in [6.45, 7) is 8.35. The number of hydrogen-bond acceptors (Lipinski definition) is 5. The van der Waals surface area contributed by atoms with E-state index < -0.39 is 6.16 Å². The molecule has 3 heterocycles. The average Bonchev–Trinajstić information content (AvgIpc) is 3.62. The van der Waals surface area contributed by atoms with Gasteiger partial charge in [0.05, 0.1) is 29.5 Å². The number of carboxylic acid groups (broad SMARTS) is 1. The molecule has 8 heteroatoms. The molecule has 6 rings (SSSR count). The fraction of sp³-hybridized carbons (Fsp3) is 0.414. The number of rotatable bonds is 6. The van der Waals surface area contributed by atoms with Crippen molar-refractivity contribution in [2.75, 3.05) is 6.61 Å². The summed E-state index contributed by atoms with van der Waals surface area (Å²) in [6, 6.07) is 1.33. The number of carbonyl (C=O) groups is 2. The minimum Gasteiger partial charge on any atom is -0.450 e. The van der Waals surface area contributed by atoms with Gasteiger partial charge in [0, 0.05) is 34.7 Å². The van der Waals surface area contributed by atoms with Gasteiger partial charge in [-0.25, -0.2) is 14.2 Å². The average molecular weight is 504 g/mol. The van der Waals surface area contributed by atoms with Crippen LogP contribution in [-0.2, 0) is 22.5 Å². The Labute approximate surface area is 214 Å². The maximum Gasteiger partial charge on any atom is 0.506 e. The number of amides is 1. The third kappa shape index (κ3) is 3.99. The minimum absolute atomic E-state index is 0.0582. The number of pyridine rings is 1. The lowest BCUT2D eigenvalue weighted by Crippen LogP contribution is -2.32. The first kappa shape index (κ1) is 23.7. The lowest BCUT2D eigenvalue weighted by Gasteiger charge is -2.30. The van der Waals surface area contributed by atoms with Crippen molar-refractivity contribution in [1.82, 2.24) is 15.2 Å². The molecule has 1 aromatic heterocycles. The van der Waals surface area contributed by atoms with Crippen LogP contribution < -0.4 is 5.32 Å². The molecule has 0 bridgehead atoms. The molecule has 1 saturated carbocycles. The summed E-state index contributed by atoms with van der Waals surface area (Å²) in [5.41, 5.74) is 8.06. The number of nitrogens with one attached hydrogen (secondary N) is 1. The molecule has 37 heavy (non-hydrogen) atoms. The van der Waals surface area contributed by atoms with Crippen molar-refractivity contribution in [3.8, 4) is 0 Å². The molecule has 1 amide bonds. The van der Waals surface area contributed by atoms with Crippen LogP contribution in [0.1, 0.15) is 73.0 Å². The summed E-state index contributed by atoms with van der Waals surface area (Å²) in [5.74, 6) is 0.473. The Morgan fingerprint density at radius 3 is 2.78 bits per heavy atom. The summed E-state index contributed by atoms with van der Waals surface area (Å²) >= 11 is 0. The Morgan fingerprint density at radius 2 is 2.05 bits per heavy atom. The van der Waals surface area contributed by atoms with E-state index in [4.69, 9.17) is 14.8 Å². The van der Waals surface area contributed by atoms with Gasteiger partial charge in [-0.2, -0.15) is 0 Å². The summed E-state index contributed by atoms with van der Waals surface area (Å²) in [4.78, 5) is 30.9. The van der Waals surface area contributed by atoms with E-state index in [-0.39, 0.29) is 24.4 Å². The van der Waals surface area contributed by atoms with Crippen LogP contribution >= 0.6 is 0 Å².